The molecule has 4 unspecified atom stereocenters. The van der Waals surface area contributed by atoms with Crippen molar-refractivity contribution in [1.29, 1.82) is 0 Å². The van der Waals surface area contributed by atoms with Crippen LogP contribution in [0.25, 0.3) is 0 Å². The Labute approximate surface area is 181 Å². The fourth-order valence-corrected chi connectivity index (χ4v) is 6.16. The topological polar surface area (TPSA) is 63.2 Å². The predicted molar refractivity (Wildman–Crippen MR) is 116 cm³/mol. The van der Waals surface area contributed by atoms with Gasteiger partial charge in [-0.2, -0.15) is 0 Å². The number of hydrogen-bond acceptors (Lipinski definition) is 6. The Hall–Kier alpha value is -0.733. The van der Waals surface area contributed by atoms with E-state index < -0.39 is 13.9 Å². The van der Waals surface area contributed by atoms with Crippen LogP contribution in [-0.2, 0) is 28.5 Å². The highest BCUT2D eigenvalue weighted by atomic mass is 28.3. The highest BCUT2D eigenvalue weighted by Crippen LogP contribution is 2.47. The van der Waals surface area contributed by atoms with Gasteiger partial charge in [0.15, 0.2) is 5.79 Å². The number of rotatable bonds is 5. The van der Waals surface area contributed by atoms with Gasteiger partial charge < -0.3 is 23.7 Å². The lowest BCUT2D eigenvalue weighted by molar-refractivity contribution is -0.239. The van der Waals surface area contributed by atoms with Gasteiger partial charge in [0.25, 0.3) is 0 Å². The van der Waals surface area contributed by atoms with Crippen molar-refractivity contribution in [2.45, 2.75) is 120 Å². The molecular formula is C23H38O6Si. The lowest BCUT2D eigenvalue weighted by Crippen LogP contribution is -2.59. The van der Waals surface area contributed by atoms with Crippen LogP contribution in [0, 0.1) is 0 Å². The maximum Gasteiger partial charge on any atom is 0.308 e. The minimum Gasteiger partial charge on any atom is -0.469 e. The standard InChI is InChI=1S/C23H38O6Si/c1-25-19(24)15-16-10-11-18-20(26-16)22-21(17(27-18)9-8-14-30(2,3)4)28-23(29-22)12-6-5-7-13-23/h8,14,16-18,20-22H,5-7,9-13,15H2,1-4H3/b14-8+/t16?,17-,18?,20-,21?,22?/m0/s1. The lowest BCUT2D eigenvalue weighted by Gasteiger charge is -2.46. The zero-order valence-corrected chi connectivity index (χ0v) is 19.9. The minimum atomic E-state index is -1.25. The van der Waals surface area contributed by atoms with Gasteiger partial charge in [-0.25, -0.2) is 0 Å². The zero-order chi connectivity index (χ0) is 21.4. The van der Waals surface area contributed by atoms with Gasteiger partial charge in [0.2, 0.25) is 0 Å². The van der Waals surface area contributed by atoms with Gasteiger partial charge in [-0.3, -0.25) is 4.79 Å². The molecule has 4 fully saturated rings. The van der Waals surface area contributed by atoms with Crippen LogP contribution < -0.4 is 0 Å². The molecule has 0 aromatic rings. The summed E-state index contributed by atoms with van der Waals surface area (Å²) in [5.41, 5.74) is 2.38. The van der Waals surface area contributed by atoms with Gasteiger partial charge >= 0.3 is 5.97 Å². The highest BCUT2D eigenvalue weighted by Gasteiger charge is 2.59. The summed E-state index contributed by atoms with van der Waals surface area (Å²) in [7, 11) is 0.170. The molecule has 0 N–H and O–H groups in total. The van der Waals surface area contributed by atoms with Crippen molar-refractivity contribution in [3.05, 3.63) is 11.8 Å². The molecule has 170 valence electrons. The van der Waals surface area contributed by atoms with E-state index in [4.69, 9.17) is 23.7 Å². The Morgan fingerprint density at radius 3 is 2.47 bits per heavy atom. The molecule has 7 heteroatoms. The maximum atomic E-state index is 11.8. The average Bonchev–Trinajstić information content (AvgIpc) is 3.07. The molecule has 6 atom stereocenters. The van der Waals surface area contributed by atoms with Gasteiger partial charge in [0.1, 0.15) is 18.3 Å². The quantitative estimate of drug-likeness (QED) is 0.475. The summed E-state index contributed by atoms with van der Waals surface area (Å²) in [6, 6.07) is 0. The molecule has 30 heavy (non-hydrogen) atoms. The lowest BCUT2D eigenvalue weighted by atomic mass is 9.88. The van der Waals surface area contributed by atoms with Gasteiger partial charge in [0.05, 0.1) is 39.9 Å². The monoisotopic (exact) mass is 438 g/mol. The molecule has 3 heterocycles. The van der Waals surface area contributed by atoms with Crippen LogP contribution in [0.3, 0.4) is 0 Å². The molecule has 0 aromatic carbocycles. The van der Waals surface area contributed by atoms with Crippen LogP contribution in [0.5, 0.6) is 0 Å². The molecule has 4 rings (SSSR count). The largest absolute Gasteiger partial charge is 0.469 e. The Balaban J connectivity index is 1.51. The molecule has 1 saturated carbocycles. The van der Waals surface area contributed by atoms with Crippen LogP contribution in [-0.4, -0.2) is 63.6 Å². The number of hydrogen-bond donors (Lipinski definition) is 0. The van der Waals surface area contributed by atoms with Crippen molar-refractivity contribution in [2.24, 2.45) is 0 Å². The Bertz CT molecular complexity index is 638. The van der Waals surface area contributed by atoms with Gasteiger partial charge in [-0.1, -0.05) is 37.8 Å². The molecule has 1 spiro atoms. The third-order valence-corrected chi connectivity index (χ3v) is 8.01. The number of esters is 1. The van der Waals surface area contributed by atoms with E-state index in [1.54, 1.807) is 0 Å². The third kappa shape index (κ3) is 5.01. The maximum absolute atomic E-state index is 11.8. The molecular weight excluding hydrogens is 400 g/mol. The van der Waals surface area contributed by atoms with Gasteiger partial charge in [0, 0.05) is 12.8 Å². The van der Waals surface area contributed by atoms with Crippen LogP contribution in [0.4, 0.5) is 0 Å². The number of fused-ring (bicyclic) bond motifs is 3. The third-order valence-electron chi connectivity index (χ3n) is 6.78. The summed E-state index contributed by atoms with van der Waals surface area (Å²) in [6.07, 6.45) is 9.91. The van der Waals surface area contributed by atoms with E-state index >= 15 is 0 Å². The van der Waals surface area contributed by atoms with Crippen molar-refractivity contribution < 1.29 is 28.5 Å². The fraction of sp³-hybridized carbons (Fsp3) is 0.870. The molecule has 4 aliphatic rings. The van der Waals surface area contributed by atoms with Crippen LogP contribution in [0.2, 0.25) is 19.6 Å². The van der Waals surface area contributed by atoms with Crippen molar-refractivity contribution in [1.82, 2.24) is 0 Å². The first-order chi connectivity index (χ1) is 14.3. The Morgan fingerprint density at radius 1 is 1.03 bits per heavy atom. The highest BCUT2D eigenvalue weighted by molar-refractivity contribution is 6.80. The predicted octanol–water partition coefficient (Wildman–Crippen LogP) is 4.13. The van der Waals surface area contributed by atoms with E-state index in [9.17, 15) is 4.79 Å². The normalized spacial score (nSPS) is 38.4. The molecule has 3 saturated heterocycles. The molecule has 0 radical (unpaired) electrons. The summed E-state index contributed by atoms with van der Waals surface area (Å²) < 4.78 is 31.1. The molecule has 3 aliphatic heterocycles. The summed E-state index contributed by atoms with van der Waals surface area (Å²) in [4.78, 5) is 11.8. The SMILES string of the molecule is COC(=O)CC1CCC2O[C@@H](C/C=C/[Si](C)(C)C)C3OC4(CCCCC4)OC3[C@H]2O1. The van der Waals surface area contributed by atoms with Crippen molar-refractivity contribution in [3.8, 4) is 0 Å². The van der Waals surface area contributed by atoms with Crippen LogP contribution in [0.15, 0.2) is 11.8 Å². The van der Waals surface area contributed by atoms with E-state index in [1.807, 2.05) is 0 Å². The second kappa shape index (κ2) is 9.02. The summed E-state index contributed by atoms with van der Waals surface area (Å²) in [6.45, 7) is 7.02. The van der Waals surface area contributed by atoms with Gasteiger partial charge in [-0.05, 0) is 32.1 Å². The molecule has 0 bridgehead atoms. The van der Waals surface area contributed by atoms with Crippen molar-refractivity contribution in [2.75, 3.05) is 7.11 Å². The van der Waals surface area contributed by atoms with Gasteiger partial charge in [-0.15, -0.1) is 0 Å². The van der Waals surface area contributed by atoms with Crippen LogP contribution in [0.1, 0.15) is 57.8 Å². The number of carbonyl (C=O) groups is 1. The molecule has 0 amide bonds. The van der Waals surface area contributed by atoms with E-state index in [1.165, 1.54) is 13.5 Å². The summed E-state index contributed by atoms with van der Waals surface area (Å²) in [5.74, 6) is -0.709. The first-order valence-corrected chi connectivity index (χ1v) is 15.3. The molecule has 1 aliphatic carbocycles. The van der Waals surface area contributed by atoms with E-state index in [0.717, 1.165) is 44.9 Å². The van der Waals surface area contributed by atoms with Crippen molar-refractivity contribution in [3.63, 3.8) is 0 Å². The smallest absolute Gasteiger partial charge is 0.308 e. The Kier molecular flexibility index (Phi) is 6.75. The second-order valence-electron chi connectivity index (χ2n) is 10.4. The summed E-state index contributed by atoms with van der Waals surface area (Å²) in [5, 5.41) is 0. The number of carbonyl (C=O) groups excluding carboxylic acids is 1. The van der Waals surface area contributed by atoms with E-state index in [2.05, 4.69) is 31.4 Å². The minimum absolute atomic E-state index is 0.00670. The second-order valence-corrected chi connectivity index (χ2v) is 15.5. The summed E-state index contributed by atoms with van der Waals surface area (Å²) >= 11 is 0. The zero-order valence-electron chi connectivity index (χ0n) is 18.9. The van der Waals surface area contributed by atoms with E-state index in [-0.39, 0.29) is 49.0 Å². The number of ether oxygens (including phenoxy) is 5. The first kappa shape index (κ1) is 22.5. The number of methoxy groups -OCH3 is 1. The van der Waals surface area contributed by atoms with E-state index in [0.29, 0.717) is 0 Å². The molecule has 0 aromatic heterocycles. The van der Waals surface area contributed by atoms with Crippen LogP contribution >= 0.6 is 0 Å². The Morgan fingerprint density at radius 2 is 1.77 bits per heavy atom. The average molecular weight is 439 g/mol. The molecule has 6 nitrogen and oxygen atoms in total. The fourth-order valence-electron chi connectivity index (χ4n) is 5.32. The first-order valence-electron chi connectivity index (χ1n) is 11.7. The van der Waals surface area contributed by atoms with Crippen molar-refractivity contribution >= 4 is 14.0 Å².